The van der Waals surface area contributed by atoms with Crippen molar-refractivity contribution in [2.45, 2.75) is 36.9 Å². The van der Waals surface area contributed by atoms with Crippen LogP contribution in [0.15, 0.2) is 36.9 Å². The number of methoxy groups -OCH3 is 1. The number of nitrogens with zero attached hydrogens (tertiary/aromatic N) is 4. The van der Waals surface area contributed by atoms with Crippen molar-refractivity contribution in [2.75, 3.05) is 19.5 Å². The molecule has 0 spiro atoms. The molecule has 5 atom stereocenters. The zero-order chi connectivity index (χ0) is 20.8. The van der Waals surface area contributed by atoms with Crippen molar-refractivity contribution < 1.29 is 24.8 Å². The Hall–Kier alpha value is -2.79. The molecule has 0 saturated carbocycles. The predicted octanol–water partition coefficient (Wildman–Crippen LogP) is -0.0135. The van der Waals surface area contributed by atoms with Gasteiger partial charge >= 0.3 is 0 Å². The highest BCUT2D eigenvalue weighted by Crippen LogP contribution is 2.47. The molecule has 0 aliphatic carbocycles. The van der Waals surface area contributed by atoms with Gasteiger partial charge in [-0.25, -0.2) is 15.0 Å². The molecule has 0 unspecified atom stereocenters. The third-order valence-corrected chi connectivity index (χ3v) is 5.60. The number of anilines is 1. The van der Waals surface area contributed by atoms with Gasteiger partial charge in [0.1, 0.15) is 35.9 Å². The van der Waals surface area contributed by atoms with Crippen LogP contribution < -0.4 is 10.5 Å². The molecule has 2 aromatic heterocycles. The summed E-state index contributed by atoms with van der Waals surface area (Å²) < 4.78 is 13.0. The minimum absolute atomic E-state index is 0.185. The molecular formula is C19H23N5O5. The van der Waals surface area contributed by atoms with Crippen molar-refractivity contribution in [3.63, 3.8) is 0 Å². The van der Waals surface area contributed by atoms with E-state index in [-0.39, 0.29) is 5.82 Å². The number of nitrogen functional groups attached to an aromatic ring is 1. The Labute approximate surface area is 166 Å². The second-order valence-corrected chi connectivity index (χ2v) is 7.07. The van der Waals surface area contributed by atoms with Crippen LogP contribution in [0.25, 0.3) is 11.2 Å². The Balaban J connectivity index is 1.94. The number of aliphatic hydroxyl groups excluding tert-OH is 3. The molecule has 1 fully saturated rings. The van der Waals surface area contributed by atoms with Gasteiger partial charge in [0.2, 0.25) is 0 Å². The first-order valence-electron chi connectivity index (χ1n) is 9.16. The maximum atomic E-state index is 11.1. The van der Waals surface area contributed by atoms with Gasteiger partial charge in [0, 0.05) is 5.92 Å². The minimum atomic E-state index is -1.51. The molecule has 154 valence electrons. The molecule has 29 heavy (non-hydrogen) atoms. The highest BCUT2D eigenvalue weighted by molar-refractivity contribution is 5.81. The van der Waals surface area contributed by atoms with Crippen LogP contribution in [0.2, 0.25) is 0 Å². The molecule has 3 heterocycles. The molecule has 0 bridgehead atoms. The molecule has 5 N–H and O–H groups in total. The molecule has 1 aliphatic heterocycles. The Morgan fingerprint density at radius 1 is 1.31 bits per heavy atom. The van der Waals surface area contributed by atoms with Crippen LogP contribution >= 0.6 is 0 Å². The highest BCUT2D eigenvalue weighted by atomic mass is 16.6. The van der Waals surface area contributed by atoms with Crippen LogP contribution in [-0.4, -0.2) is 66.9 Å². The molecule has 10 heteroatoms. The second kappa shape index (κ2) is 7.23. The predicted molar refractivity (Wildman–Crippen MR) is 103 cm³/mol. The number of nitrogens with two attached hydrogens (primary N) is 1. The van der Waals surface area contributed by atoms with Crippen molar-refractivity contribution in [1.82, 2.24) is 19.5 Å². The first kappa shape index (κ1) is 19.5. The molecular weight excluding hydrogens is 378 g/mol. The average molecular weight is 401 g/mol. The lowest BCUT2D eigenvalue weighted by molar-refractivity contribution is -0.159. The smallest absolute Gasteiger partial charge is 0.183 e. The summed E-state index contributed by atoms with van der Waals surface area (Å²) >= 11 is 0. The zero-order valence-electron chi connectivity index (χ0n) is 16.0. The van der Waals surface area contributed by atoms with E-state index in [4.69, 9.17) is 15.2 Å². The monoisotopic (exact) mass is 401 g/mol. The molecule has 0 radical (unpaired) electrons. The molecule has 1 aliphatic rings. The number of rotatable bonds is 5. The fourth-order valence-corrected chi connectivity index (χ4v) is 4.00. The van der Waals surface area contributed by atoms with E-state index in [0.29, 0.717) is 16.9 Å². The van der Waals surface area contributed by atoms with Gasteiger partial charge in [-0.2, -0.15) is 0 Å². The van der Waals surface area contributed by atoms with Crippen molar-refractivity contribution in [3.05, 3.63) is 42.5 Å². The van der Waals surface area contributed by atoms with Gasteiger partial charge in [0.15, 0.2) is 17.2 Å². The normalized spacial score (nSPS) is 28.0. The maximum absolute atomic E-state index is 11.1. The number of aromatic nitrogens is 4. The minimum Gasteiger partial charge on any atom is -0.497 e. The first-order chi connectivity index (χ1) is 13.9. The topological polar surface area (TPSA) is 149 Å². The first-order valence-corrected chi connectivity index (χ1v) is 9.16. The molecule has 10 nitrogen and oxygen atoms in total. The molecule has 1 aromatic carbocycles. The summed E-state index contributed by atoms with van der Waals surface area (Å²) in [5, 5.41) is 31.4. The molecule has 4 rings (SSSR count). The summed E-state index contributed by atoms with van der Waals surface area (Å²) in [6.45, 7) is 1.38. The van der Waals surface area contributed by atoms with E-state index in [1.807, 2.05) is 25.1 Å². The largest absolute Gasteiger partial charge is 0.497 e. The number of ether oxygens (including phenoxy) is 2. The summed E-state index contributed by atoms with van der Waals surface area (Å²) in [6, 6.07) is 7.32. The Morgan fingerprint density at radius 3 is 2.79 bits per heavy atom. The third-order valence-electron chi connectivity index (χ3n) is 5.60. The van der Waals surface area contributed by atoms with Gasteiger partial charge in [0.25, 0.3) is 0 Å². The van der Waals surface area contributed by atoms with Crippen LogP contribution in [0.3, 0.4) is 0 Å². The van der Waals surface area contributed by atoms with Gasteiger partial charge in [-0.05, 0) is 17.7 Å². The number of imidazole rings is 1. The summed E-state index contributed by atoms with van der Waals surface area (Å²) in [4.78, 5) is 12.5. The second-order valence-electron chi connectivity index (χ2n) is 7.07. The van der Waals surface area contributed by atoms with Gasteiger partial charge in [-0.1, -0.05) is 19.1 Å². The van der Waals surface area contributed by atoms with Gasteiger partial charge in [0.05, 0.1) is 20.0 Å². The number of benzene rings is 1. The SMILES string of the molecule is COc1cccc([C@H](C)[C@@]2(n3cnc4c(N)ncnc43)O[C@H](CO)[C@@H](O)[C@H]2O)c1. The number of hydrogen-bond donors (Lipinski definition) is 4. The van der Waals surface area contributed by atoms with Crippen molar-refractivity contribution in [1.29, 1.82) is 0 Å². The summed E-state index contributed by atoms with van der Waals surface area (Å²) in [5.41, 5.74) is 5.89. The van der Waals surface area contributed by atoms with E-state index < -0.39 is 36.6 Å². The third kappa shape index (κ3) is 2.84. The van der Waals surface area contributed by atoms with Crippen molar-refractivity contribution in [2.24, 2.45) is 0 Å². The highest BCUT2D eigenvalue weighted by Gasteiger charge is 2.59. The van der Waals surface area contributed by atoms with Gasteiger partial charge in [-0.3, -0.25) is 4.57 Å². The summed E-state index contributed by atoms with van der Waals surface area (Å²) in [5.74, 6) is 0.329. The van der Waals surface area contributed by atoms with E-state index in [1.165, 1.54) is 12.7 Å². The Bertz CT molecular complexity index is 1030. The van der Waals surface area contributed by atoms with Crippen LogP contribution in [0.5, 0.6) is 5.75 Å². The van der Waals surface area contributed by atoms with E-state index in [1.54, 1.807) is 17.7 Å². The van der Waals surface area contributed by atoms with Crippen LogP contribution in [0, 0.1) is 0 Å². The fraction of sp³-hybridized carbons (Fsp3) is 0.421. The lowest BCUT2D eigenvalue weighted by atomic mass is 9.85. The van der Waals surface area contributed by atoms with Crippen LogP contribution in [-0.2, 0) is 10.5 Å². The lowest BCUT2D eigenvalue weighted by Gasteiger charge is -2.39. The fourth-order valence-electron chi connectivity index (χ4n) is 4.00. The van der Waals surface area contributed by atoms with Crippen LogP contribution in [0.1, 0.15) is 18.4 Å². The van der Waals surface area contributed by atoms with Gasteiger partial charge < -0.3 is 30.5 Å². The van der Waals surface area contributed by atoms with E-state index in [9.17, 15) is 15.3 Å². The van der Waals surface area contributed by atoms with Crippen molar-refractivity contribution >= 4 is 17.0 Å². The van der Waals surface area contributed by atoms with E-state index >= 15 is 0 Å². The molecule has 1 saturated heterocycles. The number of hydrogen-bond acceptors (Lipinski definition) is 9. The average Bonchev–Trinajstić information content (AvgIpc) is 3.29. The Kier molecular flexibility index (Phi) is 4.87. The number of aliphatic hydroxyl groups is 3. The zero-order valence-corrected chi connectivity index (χ0v) is 16.0. The van der Waals surface area contributed by atoms with Crippen molar-refractivity contribution in [3.8, 4) is 5.75 Å². The molecule has 3 aromatic rings. The Morgan fingerprint density at radius 2 is 2.10 bits per heavy atom. The van der Waals surface area contributed by atoms with E-state index in [2.05, 4.69) is 15.0 Å². The quantitative estimate of drug-likeness (QED) is 0.463. The van der Waals surface area contributed by atoms with Crippen LogP contribution in [0.4, 0.5) is 5.82 Å². The lowest BCUT2D eigenvalue weighted by Crippen LogP contribution is -2.49. The summed E-state index contributed by atoms with van der Waals surface area (Å²) in [6.07, 6.45) is -0.947. The standard InChI is InChI=1S/C19H23N5O5/c1-10(11-4-3-5-12(6-11)28-2)19(16(27)15(26)13(7-25)29-19)24-9-23-14-17(20)21-8-22-18(14)24/h3-6,8-10,13,15-16,25-27H,7H2,1-2H3,(H2,20,21,22)/t10-,13+,15+,16+,19+/m0/s1. The van der Waals surface area contributed by atoms with E-state index in [0.717, 1.165) is 5.56 Å². The number of fused-ring (bicyclic) bond motifs is 1. The summed E-state index contributed by atoms with van der Waals surface area (Å²) in [7, 11) is 1.56. The molecule has 0 amide bonds. The maximum Gasteiger partial charge on any atom is 0.183 e. The van der Waals surface area contributed by atoms with Gasteiger partial charge in [-0.15, -0.1) is 0 Å².